The fraction of sp³-hybridized carbons (Fsp3) is 0.250. The van der Waals surface area contributed by atoms with E-state index in [9.17, 15) is 9.59 Å². The topological polar surface area (TPSA) is 73.2 Å². The summed E-state index contributed by atoms with van der Waals surface area (Å²) in [5.74, 6) is 1.23. The van der Waals surface area contributed by atoms with Crippen molar-refractivity contribution in [1.29, 1.82) is 0 Å². The third-order valence-electron chi connectivity index (χ3n) is 6.78. The summed E-state index contributed by atoms with van der Waals surface area (Å²) in [6, 6.07) is 19.3. The van der Waals surface area contributed by atoms with Gasteiger partial charge in [0.2, 0.25) is 11.8 Å². The molecule has 1 amide bonds. The average Bonchev–Trinajstić information content (AvgIpc) is 3.61. The number of nitrogens with one attached hydrogen (secondary N) is 1. The van der Waals surface area contributed by atoms with Crippen molar-refractivity contribution < 1.29 is 9.53 Å². The Hall–Kier alpha value is -3.58. The summed E-state index contributed by atoms with van der Waals surface area (Å²) in [5, 5.41) is 6.32. The molecule has 176 valence electrons. The van der Waals surface area contributed by atoms with Gasteiger partial charge in [-0.05, 0) is 58.7 Å². The number of amides is 1. The number of anilines is 1. The lowest BCUT2D eigenvalue weighted by atomic mass is 9.95. The first-order valence-electron chi connectivity index (χ1n) is 11.8. The number of nitrogens with zero attached hydrogens (tertiary/aromatic N) is 2. The van der Waals surface area contributed by atoms with Gasteiger partial charge in [0, 0.05) is 29.8 Å². The van der Waals surface area contributed by atoms with Crippen molar-refractivity contribution >= 4 is 34.1 Å². The molecule has 2 aliphatic rings. The molecule has 6 rings (SSSR count). The van der Waals surface area contributed by atoms with Gasteiger partial charge in [-0.2, -0.15) is 0 Å². The Bertz CT molecular complexity index is 1500. The Balaban J connectivity index is 1.36. The van der Waals surface area contributed by atoms with E-state index in [2.05, 4.69) is 46.7 Å². The third kappa shape index (κ3) is 4.10. The van der Waals surface area contributed by atoms with Crippen LogP contribution in [0.5, 0.6) is 5.88 Å². The molecule has 4 aromatic rings. The van der Waals surface area contributed by atoms with Crippen molar-refractivity contribution in [3.8, 4) is 5.88 Å². The molecule has 1 atom stereocenters. The molecule has 2 aromatic heterocycles. The van der Waals surface area contributed by atoms with E-state index >= 15 is 0 Å². The quantitative estimate of drug-likeness (QED) is 0.410. The van der Waals surface area contributed by atoms with E-state index < -0.39 is 6.04 Å². The maximum atomic E-state index is 13.4. The third-order valence-corrected chi connectivity index (χ3v) is 7.95. The number of fused-ring (bicyclic) bond motifs is 2. The van der Waals surface area contributed by atoms with Crippen LogP contribution >= 0.6 is 11.8 Å². The van der Waals surface area contributed by atoms with Gasteiger partial charge in [-0.3, -0.25) is 14.2 Å². The molecule has 0 bridgehead atoms. The van der Waals surface area contributed by atoms with E-state index in [0.29, 0.717) is 29.7 Å². The zero-order chi connectivity index (χ0) is 23.9. The van der Waals surface area contributed by atoms with Crippen LogP contribution in [0.15, 0.2) is 76.7 Å². The van der Waals surface area contributed by atoms with Crippen LogP contribution in [0.25, 0.3) is 10.8 Å². The first-order valence-corrected chi connectivity index (χ1v) is 12.8. The molecule has 2 aromatic carbocycles. The van der Waals surface area contributed by atoms with Gasteiger partial charge in [-0.1, -0.05) is 42.5 Å². The first-order chi connectivity index (χ1) is 17.1. The zero-order valence-electron chi connectivity index (χ0n) is 19.4. The number of rotatable bonds is 6. The lowest BCUT2D eigenvalue weighted by Crippen LogP contribution is -2.33. The molecule has 1 aliphatic heterocycles. The van der Waals surface area contributed by atoms with Crippen molar-refractivity contribution in [3.05, 3.63) is 93.9 Å². The molecule has 6 nitrogen and oxygen atoms in total. The molecule has 1 N–H and O–H groups in total. The van der Waals surface area contributed by atoms with Gasteiger partial charge in [-0.15, -0.1) is 11.8 Å². The van der Waals surface area contributed by atoms with Crippen LogP contribution in [0.3, 0.4) is 0 Å². The Morgan fingerprint density at radius 1 is 1.11 bits per heavy atom. The molecule has 7 heteroatoms. The molecule has 1 saturated carbocycles. The number of carbonyl (C=O) groups is 1. The predicted octanol–water partition coefficient (Wildman–Crippen LogP) is 5.16. The molecule has 1 fully saturated rings. The van der Waals surface area contributed by atoms with E-state index in [1.54, 1.807) is 40.7 Å². The van der Waals surface area contributed by atoms with Crippen molar-refractivity contribution in [2.45, 2.75) is 36.2 Å². The number of benzene rings is 2. The molecular weight excluding hydrogens is 458 g/mol. The molecule has 35 heavy (non-hydrogen) atoms. The largest absolute Gasteiger partial charge is 0.481 e. The van der Waals surface area contributed by atoms with Gasteiger partial charge >= 0.3 is 0 Å². The molecule has 0 spiro atoms. The number of hydrogen-bond acceptors (Lipinski definition) is 5. The summed E-state index contributed by atoms with van der Waals surface area (Å²) in [5.41, 5.74) is 4.05. The van der Waals surface area contributed by atoms with Crippen molar-refractivity contribution in [3.63, 3.8) is 0 Å². The lowest BCUT2D eigenvalue weighted by Gasteiger charge is -2.18. The number of methoxy groups -OCH3 is 1. The minimum atomic E-state index is -0.550. The van der Waals surface area contributed by atoms with Crippen LogP contribution in [0.1, 0.15) is 41.5 Å². The van der Waals surface area contributed by atoms with Crippen LogP contribution in [-0.4, -0.2) is 28.3 Å². The Labute approximate surface area is 207 Å². The van der Waals surface area contributed by atoms with Crippen molar-refractivity contribution in [2.75, 3.05) is 18.2 Å². The second-order valence-corrected chi connectivity index (χ2v) is 10.1. The average molecular weight is 484 g/mol. The maximum Gasteiger partial charge on any atom is 0.252 e. The highest BCUT2D eigenvalue weighted by molar-refractivity contribution is 7.99. The Kier molecular flexibility index (Phi) is 5.57. The van der Waals surface area contributed by atoms with Gasteiger partial charge in [0.15, 0.2) is 0 Å². The summed E-state index contributed by atoms with van der Waals surface area (Å²) in [4.78, 5) is 30.7. The van der Waals surface area contributed by atoms with Crippen LogP contribution < -0.4 is 15.6 Å². The van der Waals surface area contributed by atoms with E-state index in [1.165, 1.54) is 29.0 Å². The van der Waals surface area contributed by atoms with Gasteiger partial charge in [0.05, 0.1) is 12.1 Å². The molecule has 1 aliphatic carbocycles. The summed E-state index contributed by atoms with van der Waals surface area (Å²) in [6.45, 7) is 0. The molecule has 0 radical (unpaired) electrons. The summed E-state index contributed by atoms with van der Waals surface area (Å²) >= 11 is 1.63. The lowest BCUT2D eigenvalue weighted by molar-refractivity contribution is -0.118. The second-order valence-electron chi connectivity index (χ2n) is 9.09. The Morgan fingerprint density at radius 3 is 2.77 bits per heavy atom. The highest BCUT2D eigenvalue weighted by Gasteiger charge is 2.37. The van der Waals surface area contributed by atoms with Crippen LogP contribution in [0, 0.1) is 0 Å². The second kappa shape index (κ2) is 8.89. The van der Waals surface area contributed by atoms with E-state index in [0.717, 1.165) is 23.4 Å². The van der Waals surface area contributed by atoms with Gasteiger partial charge < -0.3 is 10.1 Å². The van der Waals surface area contributed by atoms with Crippen LogP contribution in [0.4, 0.5) is 5.69 Å². The summed E-state index contributed by atoms with van der Waals surface area (Å²) < 4.78 is 6.86. The predicted molar refractivity (Wildman–Crippen MR) is 139 cm³/mol. The monoisotopic (exact) mass is 483 g/mol. The molecule has 1 unspecified atom stereocenters. The number of ether oxygens (including phenoxy) is 1. The maximum absolute atomic E-state index is 13.4. The minimum Gasteiger partial charge on any atom is -0.481 e. The number of carbonyl (C=O) groups excluding carboxylic acids is 1. The minimum absolute atomic E-state index is 0.114. The van der Waals surface area contributed by atoms with E-state index in [-0.39, 0.29) is 11.5 Å². The van der Waals surface area contributed by atoms with Gasteiger partial charge in [-0.25, -0.2) is 4.98 Å². The number of hydrogen-bond donors (Lipinski definition) is 1. The number of aromatic nitrogens is 2. The molecular formula is C28H25N3O3S. The first kappa shape index (κ1) is 21.9. The molecule has 0 saturated heterocycles. The fourth-order valence-corrected chi connectivity index (χ4v) is 6.39. The number of thioether (sulfide) groups is 1. The standard InChI is InChI=1S/C28H25N3O3S/c1-34-24-15-21(11-12-29-24)30-27(33)23-16-35-28-26(18-9-10-18)20(14-25(32)31(23)28)13-19-7-4-6-17-5-2-3-8-22(17)19/h2-8,11-12,14-15,18,23H,9-10,13,16H2,1H3,(H,29,30,33). The zero-order valence-corrected chi connectivity index (χ0v) is 20.2. The normalized spacial score (nSPS) is 16.8. The van der Waals surface area contributed by atoms with Crippen molar-refractivity contribution in [2.24, 2.45) is 0 Å². The van der Waals surface area contributed by atoms with Gasteiger partial charge in [0.25, 0.3) is 5.56 Å². The fourth-order valence-electron chi connectivity index (χ4n) is 4.96. The highest BCUT2D eigenvalue weighted by atomic mass is 32.2. The van der Waals surface area contributed by atoms with Crippen LogP contribution in [0.2, 0.25) is 0 Å². The molecule has 3 heterocycles. The summed E-state index contributed by atoms with van der Waals surface area (Å²) in [6.07, 6.45) is 4.55. The Morgan fingerprint density at radius 2 is 1.94 bits per heavy atom. The summed E-state index contributed by atoms with van der Waals surface area (Å²) in [7, 11) is 1.53. The smallest absolute Gasteiger partial charge is 0.252 e. The van der Waals surface area contributed by atoms with Gasteiger partial charge in [0.1, 0.15) is 6.04 Å². The SMILES string of the molecule is COc1cc(NC(=O)C2CSc3c(C4CC4)c(Cc4cccc5ccccc45)cc(=O)n32)ccn1. The van der Waals surface area contributed by atoms with E-state index in [1.807, 2.05) is 6.07 Å². The van der Waals surface area contributed by atoms with Crippen LogP contribution in [-0.2, 0) is 11.2 Å². The van der Waals surface area contributed by atoms with E-state index in [4.69, 9.17) is 4.74 Å². The van der Waals surface area contributed by atoms with Crippen molar-refractivity contribution in [1.82, 2.24) is 9.55 Å². The highest BCUT2D eigenvalue weighted by Crippen LogP contribution is 2.48. The number of pyridine rings is 2.